The van der Waals surface area contributed by atoms with Crippen molar-refractivity contribution in [3.8, 4) is 5.88 Å². The molecule has 0 bridgehead atoms. The van der Waals surface area contributed by atoms with Gasteiger partial charge in [-0.05, 0) is 51.2 Å². The molecule has 1 aliphatic heterocycles. The standard InChI is InChI=1S/C16H27N3O2/c1-15(2,3)21-14-12(17)5-6-13(19-14)18-11-16(4)7-9-20-10-8-16/h5-6H,7-11,17H2,1-4H3,(H,18,19). The number of hydrogen-bond acceptors (Lipinski definition) is 5. The van der Waals surface area contributed by atoms with Gasteiger partial charge in [0.1, 0.15) is 11.4 Å². The molecular weight excluding hydrogens is 266 g/mol. The second-order valence-corrected chi connectivity index (χ2v) is 7.08. The molecule has 0 amide bonds. The van der Waals surface area contributed by atoms with Crippen LogP contribution in [0.15, 0.2) is 12.1 Å². The molecule has 0 spiro atoms. The predicted octanol–water partition coefficient (Wildman–Crippen LogP) is 3.07. The first-order valence-corrected chi connectivity index (χ1v) is 7.55. The zero-order valence-electron chi connectivity index (χ0n) is 13.5. The fraction of sp³-hybridized carbons (Fsp3) is 0.688. The van der Waals surface area contributed by atoms with Crippen LogP contribution in [-0.4, -0.2) is 30.3 Å². The molecule has 5 nitrogen and oxygen atoms in total. The number of nitrogen functional groups attached to an aromatic ring is 1. The molecule has 3 N–H and O–H groups in total. The van der Waals surface area contributed by atoms with Gasteiger partial charge in [0.05, 0.1) is 5.69 Å². The lowest BCUT2D eigenvalue weighted by atomic mass is 9.82. The number of nitrogens with zero attached hydrogens (tertiary/aromatic N) is 1. The van der Waals surface area contributed by atoms with Gasteiger partial charge in [0.2, 0.25) is 5.88 Å². The summed E-state index contributed by atoms with van der Waals surface area (Å²) in [6, 6.07) is 3.73. The minimum atomic E-state index is -0.313. The topological polar surface area (TPSA) is 69.4 Å². The summed E-state index contributed by atoms with van der Waals surface area (Å²) in [6.07, 6.45) is 2.14. The lowest BCUT2D eigenvalue weighted by molar-refractivity contribution is 0.0299. The summed E-state index contributed by atoms with van der Waals surface area (Å²) in [5.74, 6) is 1.29. The normalized spacial score (nSPS) is 18.3. The Morgan fingerprint density at radius 3 is 2.62 bits per heavy atom. The second-order valence-electron chi connectivity index (χ2n) is 7.08. The lowest BCUT2D eigenvalue weighted by Crippen LogP contribution is -2.33. The van der Waals surface area contributed by atoms with Crippen molar-refractivity contribution < 1.29 is 9.47 Å². The van der Waals surface area contributed by atoms with Gasteiger partial charge >= 0.3 is 0 Å². The monoisotopic (exact) mass is 293 g/mol. The number of nitrogens with one attached hydrogen (secondary N) is 1. The summed E-state index contributed by atoms with van der Waals surface area (Å²) in [5, 5.41) is 3.41. The average molecular weight is 293 g/mol. The first kappa shape index (κ1) is 15.9. The Morgan fingerprint density at radius 1 is 1.33 bits per heavy atom. The summed E-state index contributed by atoms with van der Waals surface area (Å²) in [4.78, 5) is 4.48. The Bertz CT molecular complexity index is 477. The number of rotatable bonds is 4. The van der Waals surface area contributed by atoms with Crippen LogP contribution in [0.1, 0.15) is 40.5 Å². The van der Waals surface area contributed by atoms with Gasteiger partial charge in [-0.1, -0.05) is 6.92 Å². The van der Waals surface area contributed by atoms with Gasteiger partial charge in [-0.25, -0.2) is 0 Å². The Hall–Kier alpha value is -1.49. The van der Waals surface area contributed by atoms with E-state index in [9.17, 15) is 0 Å². The third kappa shape index (κ3) is 4.77. The van der Waals surface area contributed by atoms with Crippen molar-refractivity contribution in [2.75, 3.05) is 30.8 Å². The van der Waals surface area contributed by atoms with Crippen LogP contribution in [0.5, 0.6) is 5.88 Å². The van der Waals surface area contributed by atoms with Crippen molar-refractivity contribution in [1.29, 1.82) is 0 Å². The van der Waals surface area contributed by atoms with Crippen LogP contribution in [0, 0.1) is 5.41 Å². The zero-order chi connectivity index (χ0) is 15.5. The van der Waals surface area contributed by atoms with Gasteiger partial charge in [0.15, 0.2) is 0 Å². The van der Waals surface area contributed by atoms with Crippen LogP contribution in [-0.2, 0) is 4.74 Å². The first-order valence-electron chi connectivity index (χ1n) is 7.55. The Morgan fingerprint density at radius 2 is 2.00 bits per heavy atom. The average Bonchev–Trinajstić information content (AvgIpc) is 2.39. The molecule has 2 heterocycles. The van der Waals surface area contributed by atoms with Crippen molar-refractivity contribution in [3.05, 3.63) is 12.1 Å². The molecule has 0 radical (unpaired) electrons. The van der Waals surface area contributed by atoms with Crippen LogP contribution >= 0.6 is 0 Å². The van der Waals surface area contributed by atoms with Gasteiger partial charge in [-0.15, -0.1) is 0 Å². The van der Waals surface area contributed by atoms with Crippen LogP contribution < -0.4 is 15.8 Å². The van der Waals surface area contributed by atoms with E-state index < -0.39 is 0 Å². The molecule has 1 aliphatic rings. The van der Waals surface area contributed by atoms with Gasteiger partial charge < -0.3 is 20.5 Å². The highest BCUT2D eigenvalue weighted by Gasteiger charge is 2.27. The van der Waals surface area contributed by atoms with E-state index >= 15 is 0 Å². The number of hydrogen-bond donors (Lipinski definition) is 2. The van der Waals surface area contributed by atoms with Gasteiger partial charge in [-0.2, -0.15) is 4.98 Å². The molecule has 0 atom stereocenters. The second kappa shape index (κ2) is 6.10. The minimum absolute atomic E-state index is 0.256. The fourth-order valence-corrected chi connectivity index (χ4v) is 2.27. The molecular formula is C16H27N3O2. The number of ether oxygens (including phenoxy) is 2. The van der Waals surface area contributed by atoms with Gasteiger partial charge in [0.25, 0.3) is 0 Å². The van der Waals surface area contributed by atoms with Crippen LogP contribution in [0.3, 0.4) is 0 Å². The van der Waals surface area contributed by atoms with E-state index in [2.05, 4.69) is 17.2 Å². The van der Waals surface area contributed by atoms with E-state index in [1.807, 2.05) is 32.9 Å². The largest absolute Gasteiger partial charge is 0.470 e. The third-order valence-corrected chi connectivity index (χ3v) is 3.69. The predicted molar refractivity (Wildman–Crippen MR) is 85.7 cm³/mol. The molecule has 118 valence electrons. The highest BCUT2D eigenvalue weighted by atomic mass is 16.5. The SMILES string of the molecule is CC1(CNc2ccc(N)c(OC(C)(C)C)n2)CCOCC1. The molecule has 1 aromatic heterocycles. The van der Waals surface area contributed by atoms with E-state index in [0.717, 1.165) is 38.4 Å². The van der Waals surface area contributed by atoms with Crippen molar-refractivity contribution in [2.24, 2.45) is 5.41 Å². The summed E-state index contributed by atoms with van der Waals surface area (Å²) < 4.78 is 11.2. The summed E-state index contributed by atoms with van der Waals surface area (Å²) in [7, 11) is 0. The van der Waals surface area contributed by atoms with Crippen molar-refractivity contribution in [1.82, 2.24) is 4.98 Å². The molecule has 5 heteroatoms. The third-order valence-electron chi connectivity index (χ3n) is 3.69. The molecule has 0 unspecified atom stereocenters. The number of pyridine rings is 1. The maximum atomic E-state index is 5.93. The lowest BCUT2D eigenvalue weighted by Gasteiger charge is -2.33. The molecule has 1 saturated heterocycles. The molecule has 0 saturated carbocycles. The number of aromatic nitrogens is 1. The van der Waals surface area contributed by atoms with Crippen LogP contribution in [0.4, 0.5) is 11.5 Å². The first-order chi connectivity index (χ1) is 9.77. The molecule has 0 aromatic carbocycles. The van der Waals surface area contributed by atoms with Crippen molar-refractivity contribution in [3.63, 3.8) is 0 Å². The van der Waals surface area contributed by atoms with Crippen molar-refractivity contribution >= 4 is 11.5 Å². The quantitative estimate of drug-likeness (QED) is 0.893. The maximum Gasteiger partial charge on any atom is 0.239 e. The van der Waals surface area contributed by atoms with Gasteiger partial charge in [-0.3, -0.25) is 0 Å². The molecule has 1 aromatic rings. The molecule has 0 aliphatic carbocycles. The van der Waals surface area contributed by atoms with Crippen molar-refractivity contribution in [2.45, 2.75) is 46.1 Å². The van der Waals surface area contributed by atoms with E-state index in [0.29, 0.717) is 11.6 Å². The number of anilines is 2. The smallest absolute Gasteiger partial charge is 0.239 e. The zero-order valence-corrected chi connectivity index (χ0v) is 13.5. The summed E-state index contributed by atoms with van der Waals surface area (Å²) >= 11 is 0. The highest BCUT2D eigenvalue weighted by Crippen LogP contribution is 2.30. The van der Waals surface area contributed by atoms with Crippen LogP contribution in [0.25, 0.3) is 0 Å². The Balaban J connectivity index is 2.02. The summed E-state index contributed by atoms with van der Waals surface area (Å²) in [6.45, 7) is 10.8. The minimum Gasteiger partial charge on any atom is -0.470 e. The highest BCUT2D eigenvalue weighted by molar-refractivity contribution is 5.53. The molecule has 2 rings (SSSR count). The molecule has 1 fully saturated rings. The maximum absolute atomic E-state index is 5.93. The number of nitrogens with two attached hydrogens (primary N) is 1. The van der Waals surface area contributed by atoms with E-state index in [4.69, 9.17) is 15.2 Å². The van der Waals surface area contributed by atoms with Gasteiger partial charge in [0, 0.05) is 19.8 Å². The Labute approximate surface area is 127 Å². The van der Waals surface area contributed by atoms with E-state index in [-0.39, 0.29) is 11.0 Å². The van der Waals surface area contributed by atoms with E-state index in [1.165, 1.54) is 0 Å². The fourth-order valence-electron chi connectivity index (χ4n) is 2.27. The summed E-state index contributed by atoms with van der Waals surface area (Å²) in [5.41, 5.74) is 6.44. The molecule has 21 heavy (non-hydrogen) atoms. The Kier molecular flexibility index (Phi) is 4.61. The van der Waals surface area contributed by atoms with E-state index in [1.54, 1.807) is 0 Å². The van der Waals surface area contributed by atoms with Crippen LogP contribution in [0.2, 0.25) is 0 Å².